The molecule has 5 heteroatoms. The van der Waals surface area contributed by atoms with Crippen molar-refractivity contribution in [1.82, 2.24) is 15.1 Å². The third kappa shape index (κ3) is 4.47. The molecule has 0 aromatic carbocycles. The van der Waals surface area contributed by atoms with E-state index < -0.39 is 0 Å². The third-order valence-electron chi connectivity index (χ3n) is 2.69. The zero-order valence-corrected chi connectivity index (χ0v) is 10.5. The number of carbonyl (C=O) groups excluding carboxylic acids is 1. The van der Waals surface area contributed by atoms with Crippen LogP contribution in [-0.4, -0.2) is 75.7 Å². The summed E-state index contributed by atoms with van der Waals surface area (Å²) in [5.74, 6) is 0.137. The van der Waals surface area contributed by atoms with Crippen molar-refractivity contribution in [3.63, 3.8) is 0 Å². The Morgan fingerprint density at radius 3 is 2.69 bits per heavy atom. The maximum absolute atomic E-state index is 11.9. The molecule has 0 aliphatic carbocycles. The lowest BCUT2D eigenvalue weighted by Crippen LogP contribution is -2.51. The van der Waals surface area contributed by atoms with Gasteiger partial charge >= 0.3 is 0 Å². The van der Waals surface area contributed by atoms with Gasteiger partial charge in [-0.05, 0) is 27.1 Å². The number of carbonyl (C=O) groups is 1. The van der Waals surface area contributed by atoms with Gasteiger partial charge in [0.15, 0.2) is 0 Å². The first kappa shape index (κ1) is 13.4. The second-order valence-corrected chi connectivity index (χ2v) is 4.50. The molecule has 1 aliphatic rings. The summed E-state index contributed by atoms with van der Waals surface area (Å²) in [6, 6.07) is -0.155. The number of nitrogens with zero attached hydrogens (tertiary/aromatic N) is 2. The highest BCUT2D eigenvalue weighted by Crippen LogP contribution is 1.99. The van der Waals surface area contributed by atoms with E-state index in [0.29, 0.717) is 13.2 Å². The average Bonchev–Trinajstić information content (AvgIpc) is 2.28. The molecule has 0 aromatic rings. The maximum atomic E-state index is 11.9. The molecule has 1 heterocycles. The second kappa shape index (κ2) is 6.83. The minimum atomic E-state index is -0.155. The predicted octanol–water partition coefficient (Wildman–Crippen LogP) is -0.615. The van der Waals surface area contributed by atoms with Gasteiger partial charge in [0.1, 0.15) is 6.04 Å². The Labute approximate surface area is 97.7 Å². The summed E-state index contributed by atoms with van der Waals surface area (Å²) in [7, 11) is 5.94. The molecule has 1 amide bonds. The van der Waals surface area contributed by atoms with Crippen molar-refractivity contribution >= 4 is 5.91 Å². The largest absolute Gasteiger partial charge is 0.378 e. The summed E-state index contributed by atoms with van der Waals surface area (Å²) >= 11 is 0. The number of amides is 1. The maximum Gasteiger partial charge on any atom is 0.241 e. The lowest BCUT2D eigenvalue weighted by atomic mass is 10.2. The Kier molecular flexibility index (Phi) is 5.73. The molecule has 1 fully saturated rings. The van der Waals surface area contributed by atoms with E-state index in [1.807, 2.05) is 21.1 Å². The zero-order valence-electron chi connectivity index (χ0n) is 10.5. The average molecular weight is 229 g/mol. The molecule has 0 bridgehead atoms. The molecule has 1 aliphatic heterocycles. The van der Waals surface area contributed by atoms with E-state index >= 15 is 0 Å². The van der Waals surface area contributed by atoms with Crippen LogP contribution in [0.15, 0.2) is 0 Å². The van der Waals surface area contributed by atoms with Crippen LogP contribution in [0.3, 0.4) is 0 Å². The van der Waals surface area contributed by atoms with Crippen molar-refractivity contribution in [2.75, 3.05) is 54.0 Å². The first-order valence-electron chi connectivity index (χ1n) is 5.82. The van der Waals surface area contributed by atoms with Crippen molar-refractivity contribution in [1.29, 1.82) is 0 Å². The Hall–Kier alpha value is -0.650. The fourth-order valence-corrected chi connectivity index (χ4v) is 1.72. The topological polar surface area (TPSA) is 44.8 Å². The number of ether oxygens (including phenoxy) is 1. The Balaban J connectivity index is 2.23. The van der Waals surface area contributed by atoms with Crippen LogP contribution in [-0.2, 0) is 9.53 Å². The van der Waals surface area contributed by atoms with Crippen molar-refractivity contribution < 1.29 is 9.53 Å². The summed E-state index contributed by atoms with van der Waals surface area (Å²) in [6.45, 7) is 3.77. The van der Waals surface area contributed by atoms with Gasteiger partial charge in [-0.25, -0.2) is 0 Å². The summed E-state index contributed by atoms with van der Waals surface area (Å²) < 4.78 is 5.28. The SMILES string of the molecule is CN(C)CCCN(C)C(=O)C1COCCN1. The molecule has 94 valence electrons. The predicted molar refractivity (Wildman–Crippen MR) is 63.4 cm³/mol. The standard InChI is InChI=1S/C11H23N3O2/c1-13(2)6-4-7-14(3)11(15)10-9-16-8-5-12-10/h10,12H,4-9H2,1-3H3. The number of likely N-dealkylation sites (N-methyl/N-ethyl adjacent to an activating group) is 1. The molecule has 5 nitrogen and oxygen atoms in total. The quantitative estimate of drug-likeness (QED) is 0.683. The Morgan fingerprint density at radius 1 is 1.38 bits per heavy atom. The number of hydrogen-bond acceptors (Lipinski definition) is 4. The molecule has 1 N–H and O–H groups in total. The lowest BCUT2D eigenvalue weighted by Gasteiger charge is -2.27. The van der Waals surface area contributed by atoms with E-state index in [2.05, 4.69) is 10.2 Å². The van der Waals surface area contributed by atoms with Crippen LogP contribution in [0.1, 0.15) is 6.42 Å². The summed E-state index contributed by atoms with van der Waals surface area (Å²) in [4.78, 5) is 15.9. The molecule has 1 atom stereocenters. The summed E-state index contributed by atoms with van der Waals surface area (Å²) in [5, 5.41) is 3.17. The van der Waals surface area contributed by atoms with Crippen LogP contribution in [0, 0.1) is 0 Å². The van der Waals surface area contributed by atoms with E-state index in [9.17, 15) is 4.79 Å². The molecular weight excluding hydrogens is 206 g/mol. The Bertz CT molecular complexity index is 215. The van der Waals surface area contributed by atoms with Gasteiger partial charge in [0.05, 0.1) is 13.2 Å². The van der Waals surface area contributed by atoms with Crippen LogP contribution < -0.4 is 5.32 Å². The minimum absolute atomic E-state index is 0.137. The van der Waals surface area contributed by atoms with Crippen molar-refractivity contribution in [2.45, 2.75) is 12.5 Å². The molecule has 0 spiro atoms. The summed E-state index contributed by atoms with van der Waals surface area (Å²) in [5.41, 5.74) is 0. The summed E-state index contributed by atoms with van der Waals surface area (Å²) in [6.07, 6.45) is 1.00. The fourth-order valence-electron chi connectivity index (χ4n) is 1.72. The van der Waals surface area contributed by atoms with Gasteiger partial charge in [-0.15, -0.1) is 0 Å². The van der Waals surface area contributed by atoms with Gasteiger partial charge in [-0.1, -0.05) is 0 Å². The van der Waals surface area contributed by atoms with Crippen LogP contribution in [0.5, 0.6) is 0 Å². The Morgan fingerprint density at radius 2 is 2.12 bits per heavy atom. The number of nitrogens with one attached hydrogen (secondary N) is 1. The first-order valence-corrected chi connectivity index (χ1v) is 5.82. The van der Waals surface area contributed by atoms with Gasteiger partial charge in [0.25, 0.3) is 0 Å². The van der Waals surface area contributed by atoms with E-state index in [1.165, 1.54) is 0 Å². The molecule has 1 saturated heterocycles. The van der Waals surface area contributed by atoms with Crippen molar-refractivity contribution in [2.24, 2.45) is 0 Å². The van der Waals surface area contributed by atoms with Crippen LogP contribution in [0.4, 0.5) is 0 Å². The van der Waals surface area contributed by atoms with Crippen molar-refractivity contribution in [3.8, 4) is 0 Å². The van der Waals surface area contributed by atoms with Gasteiger partial charge in [0, 0.05) is 20.1 Å². The minimum Gasteiger partial charge on any atom is -0.378 e. The molecule has 16 heavy (non-hydrogen) atoms. The van der Waals surface area contributed by atoms with Gasteiger partial charge in [-0.2, -0.15) is 0 Å². The molecule has 0 saturated carbocycles. The highest BCUT2D eigenvalue weighted by atomic mass is 16.5. The van der Waals surface area contributed by atoms with Gasteiger partial charge < -0.3 is 19.9 Å². The molecule has 1 unspecified atom stereocenters. The number of hydrogen-bond donors (Lipinski definition) is 1. The number of morpholine rings is 1. The van der Waals surface area contributed by atoms with Crippen LogP contribution >= 0.6 is 0 Å². The molecular formula is C11H23N3O2. The van der Waals surface area contributed by atoms with Crippen LogP contribution in [0.25, 0.3) is 0 Å². The van der Waals surface area contributed by atoms with Crippen LogP contribution in [0.2, 0.25) is 0 Å². The van der Waals surface area contributed by atoms with Gasteiger partial charge in [-0.3, -0.25) is 4.79 Å². The number of rotatable bonds is 5. The first-order chi connectivity index (χ1) is 7.61. The van der Waals surface area contributed by atoms with E-state index in [0.717, 1.165) is 26.1 Å². The lowest BCUT2D eigenvalue weighted by molar-refractivity contribution is -0.135. The smallest absolute Gasteiger partial charge is 0.241 e. The zero-order chi connectivity index (χ0) is 12.0. The third-order valence-corrected chi connectivity index (χ3v) is 2.69. The molecule has 0 aromatic heterocycles. The highest BCUT2D eigenvalue weighted by Gasteiger charge is 2.23. The van der Waals surface area contributed by atoms with Crippen molar-refractivity contribution in [3.05, 3.63) is 0 Å². The monoisotopic (exact) mass is 229 g/mol. The molecule has 0 radical (unpaired) electrons. The van der Waals surface area contributed by atoms with E-state index in [1.54, 1.807) is 4.90 Å². The van der Waals surface area contributed by atoms with E-state index in [4.69, 9.17) is 4.74 Å². The van der Waals surface area contributed by atoms with E-state index in [-0.39, 0.29) is 11.9 Å². The fraction of sp³-hybridized carbons (Fsp3) is 0.909. The highest BCUT2D eigenvalue weighted by molar-refractivity contribution is 5.81. The second-order valence-electron chi connectivity index (χ2n) is 4.50. The molecule has 1 rings (SSSR count). The van der Waals surface area contributed by atoms with Gasteiger partial charge in [0.2, 0.25) is 5.91 Å². The normalized spacial score (nSPS) is 21.1.